The van der Waals surface area contributed by atoms with Crippen molar-refractivity contribution in [2.75, 3.05) is 0 Å². The van der Waals surface area contributed by atoms with Gasteiger partial charge in [0.2, 0.25) is 0 Å². The topological polar surface area (TPSA) is 63.8 Å². The van der Waals surface area contributed by atoms with Gasteiger partial charge < -0.3 is 9.67 Å². The van der Waals surface area contributed by atoms with E-state index >= 15 is 0 Å². The lowest BCUT2D eigenvalue weighted by Crippen LogP contribution is -1.96. The van der Waals surface area contributed by atoms with Crippen molar-refractivity contribution >= 4 is 11.0 Å². The smallest absolute Gasteiger partial charge is 0.163 e. The highest BCUT2D eigenvalue weighted by atomic mass is 16.3. The van der Waals surface area contributed by atoms with Gasteiger partial charge >= 0.3 is 0 Å². The first kappa shape index (κ1) is 20.9. The van der Waals surface area contributed by atoms with Gasteiger partial charge in [-0.25, -0.2) is 9.97 Å². The molecule has 3 heterocycles. The van der Waals surface area contributed by atoms with Gasteiger partial charge in [-0.3, -0.25) is 4.98 Å². The zero-order chi connectivity index (χ0) is 22.9. The van der Waals surface area contributed by atoms with Crippen LogP contribution in [0.2, 0.25) is 0 Å². The number of nitrogens with zero attached hydrogens (tertiary/aromatic N) is 4. The highest BCUT2D eigenvalue weighted by Crippen LogP contribution is 2.35. The van der Waals surface area contributed by atoms with E-state index in [1.165, 1.54) is 5.56 Å². The monoisotopic (exact) mass is 434 g/mol. The molecule has 0 aliphatic rings. The molecule has 2 aromatic carbocycles. The number of aryl methyl sites for hydroxylation is 1. The molecule has 5 heteroatoms. The van der Waals surface area contributed by atoms with Crippen LogP contribution in [-0.4, -0.2) is 24.6 Å². The van der Waals surface area contributed by atoms with Crippen LogP contribution in [0, 0.1) is 5.92 Å². The van der Waals surface area contributed by atoms with Gasteiger partial charge in [0, 0.05) is 30.6 Å². The van der Waals surface area contributed by atoms with Crippen LogP contribution in [0.15, 0.2) is 79.1 Å². The SMILES string of the molecule is CC(C)Cc1cc(-c2ccccn2)cc(-c2cccc3c2nc(-c2ncccc2O)n3C)c1. The standard InChI is InChI=1S/C28H26N4O/c1-18(2)14-19-15-20(17-21(16-19)23-9-4-5-12-29-23)22-8-6-10-24-26(22)31-28(32(24)3)27-25(33)11-7-13-30-27/h4-13,15-18,33H,14H2,1-3H3. The van der Waals surface area contributed by atoms with Crippen LogP contribution in [0.3, 0.4) is 0 Å². The summed E-state index contributed by atoms with van der Waals surface area (Å²) in [5, 5.41) is 10.4. The Labute approximate surface area is 193 Å². The van der Waals surface area contributed by atoms with Crippen LogP contribution >= 0.6 is 0 Å². The molecule has 164 valence electrons. The molecular formula is C28H26N4O. The lowest BCUT2D eigenvalue weighted by Gasteiger charge is -2.12. The first-order chi connectivity index (χ1) is 16.0. The fourth-order valence-corrected chi connectivity index (χ4v) is 4.35. The highest BCUT2D eigenvalue weighted by molar-refractivity contribution is 5.95. The van der Waals surface area contributed by atoms with Crippen LogP contribution < -0.4 is 0 Å². The maximum absolute atomic E-state index is 10.4. The average molecular weight is 435 g/mol. The van der Waals surface area contributed by atoms with Crippen LogP contribution in [0.4, 0.5) is 0 Å². The molecule has 1 N–H and O–H groups in total. The van der Waals surface area contributed by atoms with Gasteiger partial charge in [-0.2, -0.15) is 0 Å². The summed E-state index contributed by atoms with van der Waals surface area (Å²) < 4.78 is 1.98. The van der Waals surface area contributed by atoms with E-state index in [2.05, 4.69) is 54.1 Å². The fourth-order valence-electron chi connectivity index (χ4n) is 4.35. The van der Waals surface area contributed by atoms with E-state index < -0.39 is 0 Å². The van der Waals surface area contributed by atoms with Gasteiger partial charge in [0.25, 0.3) is 0 Å². The number of aromatic nitrogens is 4. The van der Waals surface area contributed by atoms with E-state index in [0.29, 0.717) is 17.4 Å². The van der Waals surface area contributed by atoms with E-state index in [1.807, 2.05) is 42.1 Å². The molecule has 0 unspecified atom stereocenters. The van der Waals surface area contributed by atoms with Crippen LogP contribution in [0.25, 0.3) is 44.9 Å². The Balaban J connectivity index is 1.72. The van der Waals surface area contributed by atoms with Crippen LogP contribution in [0.5, 0.6) is 5.75 Å². The molecule has 0 amide bonds. The number of pyridine rings is 2. The van der Waals surface area contributed by atoms with E-state index in [-0.39, 0.29) is 5.75 Å². The van der Waals surface area contributed by atoms with Crippen molar-refractivity contribution < 1.29 is 5.11 Å². The van der Waals surface area contributed by atoms with Crippen LogP contribution in [-0.2, 0) is 13.5 Å². The van der Waals surface area contributed by atoms with Gasteiger partial charge in [-0.15, -0.1) is 0 Å². The minimum Gasteiger partial charge on any atom is -0.506 e. The van der Waals surface area contributed by atoms with Gasteiger partial charge in [0.05, 0.1) is 16.7 Å². The van der Waals surface area contributed by atoms with Crippen molar-refractivity contribution in [3.63, 3.8) is 0 Å². The van der Waals surface area contributed by atoms with Gasteiger partial charge in [0.15, 0.2) is 5.82 Å². The van der Waals surface area contributed by atoms with Gasteiger partial charge in [0.1, 0.15) is 11.4 Å². The largest absolute Gasteiger partial charge is 0.506 e. The molecule has 5 nitrogen and oxygen atoms in total. The summed E-state index contributed by atoms with van der Waals surface area (Å²) in [5.74, 6) is 1.30. The third kappa shape index (κ3) is 3.98. The van der Waals surface area contributed by atoms with Gasteiger partial charge in [-0.05, 0) is 65.9 Å². The molecule has 0 aliphatic carbocycles. The molecule has 0 aliphatic heterocycles. The predicted molar refractivity (Wildman–Crippen MR) is 133 cm³/mol. The molecule has 0 atom stereocenters. The number of rotatable bonds is 5. The molecule has 0 saturated carbocycles. The zero-order valence-electron chi connectivity index (χ0n) is 19.0. The molecule has 0 radical (unpaired) electrons. The van der Waals surface area contributed by atoms with Crippen molar-refractivity contribution in [2.24, 2.45) is 13.0 Å². The molecule has 3 aromatic heterocycles. The van der Waals surface area contributed by atoms with Crippen molar-refractivity contribution in [2.45, 2.75) is 20.3 Å². The molecule has 5 rings (SSSR count). The van der Waals surface area contributed by atoms with Gasteiger partial charge in [-0.1, -0.05) is 38.1 Å². The van der Waals surface area contributed by atoms with E-state index in [9.17, 15) is 5.11 Å². The van der Waals surface area contributed by atoms with Crippen LogP contribution in [0.1, 0.15) is 19.4 Å². The number of aromatic hydroxyl groups is 1. The number of imidazole rings is 1. The Bertz CT molecular complexity index is 1440. The molecular weight excluding hydrogens is 408 g/mol. The number of para-hydroxylation sites is 1. The van der Waals surface area contributed by atoms with E-state index in [0.717, 1.165) is 39.8 Å². The van der Waals surface area contributed by atoms with Crippen molar-refractivity contribution in [3.8, 4) is 39.7 Å². The first-order valence-electron chi connectivity index (χ1n) is 11.2. The van der Waals surface area contributed by atoms with E-state index in [1.54, 1.807) is 18.3 Å². The Morgan fingerprint density at radius 2 is 1.70 bits per heavy atom. The summed E-state index contributed by atoms with van der Waals surface area (Å²) in [6.07, 6.45) is 4.48. The fraction of sp³-hybridized carbons (Fsp3) is 0.179. The van der Waals surface area contributed by atoms with E-state index in [4.69, 9.17) is 4.98 Å². The quantitative estimate of drug-likeness (QED) is 0.354. The predicted octanol–water partition coefficient (Wildman–Crippen LogP) is 6.27. The summed E-state index contributed by atoms with van der Waals surface area (Å²) in [6, 6.07) is 22.2. The summed E-state index contributed by atoms with van der Waals surface area (Å²) in [5.41, 5.74) is 7.83. The average Bonchev–Trinajstić information content (AvgIpc) is 3.16. The number of hydrogen-bond acceptors (Lipinski definition) is 4. The highest BCUT2D eigenvalue weighted by Gasteiger charge is 2.18. The number of fused-ring (bicyclic) bond motifs is 1. The Morgan fingerprint density at radius 3 is 2.45 bits per heavy atom. The summed E-state index contributed by atoms with van der Waals surface area (Å²) in [4.78, 5) is 13.9. The molecule has 0 saturated heterocycles. The Morgan fingerprint density at radius 1 is 0.879 bits per heavy atom. The van der Waals surface area contributed by atoms with Crippen molar-refractivity contribution in [1.82, 2.24) is 19.5 Å². The summed E-state index contributed by atoms with van der Waals surface area (Å²) in [6.45, 7) is 4.47. The number of benzene rings is 2. The second kappa shape index (κ2) is 8.51. The van der Waals surface area contributed by atoms with Crippen molar-refractivity contribution in [1.29, 1.82) is 0 Å². The molecule has 0 bridgehead atoms. The number of hydrogen-bond donors (Lipinski definition) is 1. The second-order valence-electron chi connectivity index (χ2n) is 8.77. The maximum atomic E-state index is 10.4. The summed E-state index contributed by atoms with van der Waals surface area (Å²) >= 11 is 0. The lowest BCUT2D eigenvalue weighted by atomic mass is 9.93. The Hall–Kier alpha value is -3.99. The minimum absolute atomic E-state index is 0.119. The normalized spacial score (nSPS) is 11.4. The summed E-state index contributed by atoms with van der Waals surface area (Å²) in [7, 11) is 1.96. The second-order valence-corrected chi connectivity index (χ2v) is 8.77. The molecule has 5 aromatic rings. The third-order valence-corrected chi connectivity index (χ3v) is 5.82. The Kier molecular flexibility index (Phi) is 5.38. The third-order valence-electron chi connectivity index (χ3n) is 5.82. The maximum Gasteiger partial charge on any atom is 0.163 e. The molecule has 0 fully saturated rings. The lowest BCUT2D eigenvalue weighted by molar-refractivity contribution is 0.474. The molecule has 0 spiro atoms. The molecule has 33 heavy (non-hydrogen) atoms. The zero-order valence-corrected chi connectivity index (χ0v) is 19.0. The van der Waals surface area contributed by atoms with Crippen molar-refractivity contribution in [3.05, 3.63) is 84.7 Å². The minimum atomic E-state index is 0.119. The first-order valence-corrected chi connectivity index (χ1v) is 11.2.